The lowest BCUT2D eigenvalue weighted by Gasteiger charge is -2.08. The van der Waals surface area contributed by atoms with Crippen LogP contribution in [-0.2, 0) is 6.54 Å². The first kappa shape index (κ1) is 14.1. The summed E-state index contributed by atoms with van der Waals surface area (Å²) in [5.41, 5.74) is 8.19. The van der Waals surface area contributed by atoms with Crippen LogP contribution >= 0.6 is 15.9 Å². The molecule has 0 spiro atoms. The summed E-state index contributed by atoms with van der Waals surface area (Å²) in [6.45, 7) is 0.389. The topological polar surface area (TPSA) is 78.9 Å². The normalized spacial score (nSPS) is 9.80. The Morgan fingerprint density at radius 2 is 1.95 bits per heavy atom. The number of nitrogens with two attached hydrogens (primary N) is 1. The lowest BCUT2D eigenvalue weighted by molar-refractivity contribution is 0.0952. The van der Waals surface area contributed by atoms with Gasteiger partial charge in [0.25, 0.3) is 5.91 Å². The van der Waals surface area contributed by atoms with Gasteiger partial charge in [-0.15, -0.1) is 0 Å². The molecule has 0 saturated heterocycles. The summed E-state index contributed by atoms with van der Waals surface area (Å²) < 4.78 is 0.832. The Kier molecular flexibility index (Phi) is 4.38. The molecule has 100 valence electrons. The van der Waals surface area contributed by atoms with E-state index < -0.39 is 0 Å². The summed E-state index contributed by atoms with van der Waals surface area (Å²) in [5, 5.41) is 11.5. The van der Waals surface area contributed by atoms with Crippen molar-refractivity contribution in [1.29, 1.82) is 5.26 Å². The minimum absolute atomic E-state index is 0.223. The monoisotopic (exact) mass is 329 g/mol. The molecule has 2 aromatic rings. The average Bonchev–Trinajstić information content (AvgIpc) is 2.45. The Labute approximate surface area is 125 Å². The van der Waals surface area contributed by atoms with Crippen molar-refractivity contribution in [2.24, 2.45) is 0 Å². The number of hydrogen-bond donors (Lipinski definition) is 2. The zero-order valence-electron chi connectivity index (χ0n) is 10.6. The highest BCUT2D eigenvalue weighted by molar-refractivity contribution is 9.10. The number of carbonyl (C=O) groups excluding carboxylic acids is 1. The fourth-order valence-corrected chi connectivity index (χ4v) is 2.09. The Morgan fingerprint density at radius 1 is 1.25 bits per heavy atom. The smallest absolute Gasteiger partial charge is 0.253 e. The van der Waals surface area contributed by atoms with E-state index >= 15 is 0 Å². The van der Waals surface area contributed by atoms with E-state index in [4.69, 9.17) is 11.0 Å². The molecule has 2 rings (SSSR count). The number of anilines is 1. The largest absolute Gasteiger partial charge is 0.398 e. The Hall–Kier alpha value is -2.32. The molecule has 2 aromatic carbocycles. The Balaban J connectivity index is 2.03. The van der Waals surface area contributed by atoms with Gasteiger partial charge in [0.15, 0.2) is 0 Å². The number of carbonyl (C=O) groups is 1. The van der Waals surface area contributed by atoms with Gasteiger partial charge >= 0.3 is 0 Å². The molecule has 0 bridgehead atoms. The molecule has 0 fully saturated rings. The van der Waals surface area contributed by atoms with Crippen molar-refractivity contribution in [3.63, 3.8) is 0 Å². The van der Waals surface area contributed by atoms with Crippen molar-refractivity contribution in [2.45, 2.75) is 6.54 Å². The number of nitrogen functional groups attached to an aromatic ring is 1. The maximum Gasteiger partial charge on any atom is 0.253 e. The molecule has 4 nitrogen and oxygen atoms in total. The summed E-state index contributed by atoms with van der Waals surface area (Å²) in [4.78, 5) is 12.0. The van der Waals surface area contributed by atoms with E-state index in [1.54, 1.807) is 30.3 Å². The summed E-state index contributed by atoms with van der Waals surface area (Å²) in [5.74, 6) is -0.223. The second-order valence-electron chi connectivity index (χ2n) is 4.22. The number of amides is 1. The lowest BCUT2D eigenvalue weighted by atomic mass is 10.1. The zero-order valence-corrected chi connectivity index (χ0v) is 12.1. The number of hydrogen-bond acceptors (Lipinski definition) is 3. The fraction of sp³-hybridized carbons (Fsp3) is 0.0667. The lowest BCUT2D eigenvalue weighted by Crippen LogP contribution is -2.23. The standard InChI is InChI=1S/C15H12BrN3O/c16-12-5-6-13(14(18)7-12)15(20)19-9-11-3-1-10(8-17)2-4-11/h1-7H,9,18H2,(H,19,20). The molecule has 0 aliphatic carbocycles. The minimum Gasteiger partial charge on any atom is -0.398 e. The van der Waals surface area contributed by atoms with Crippen molar-refractivity contribution in [3.05, 3.63) is 63.6 Å². The van der Waals surface area contributed by atoms with E-state index in [0.29, 0.717) is 23.4 Å². The van der Waals surface area contributed by atoms with Crippen LogP contribution in [0.4, 0.5) is 5.69 Å². The number of nitriles is 1. The van der Waals surface area contributed by atoms with Gasteiger partial charge in [0.1, 0.15) is 0 Å². The SMILES string of the molecule is N#Cc1ccc(CNC(=O)c2ccc(Br)cc2N)cc1. The predicted octanol–water partition coefficient (Wildman–Crippen LogP) is 2.83. The van der Waals surface area contributed by atoms with Crippen molar-refractivity contribution in [3.8, 4) is 6.07 Å². The number of benzene rings is 2. The molecule has 0 aliphatic rings. The van der Waals surface area contributed by atoms with Gasteiger partial charge in [-0.3, -0.25) is 4.79 Å². The summed E-state index contributed by atoms with van der Waals surface area (Å²) in [6, 6.07) is 14.2. The summed E-state index contributed by atoms with van der Waals surface area (Å²) in [6.07, 6.45) is 0. The Bertz CT molecular complexity index is 675. The molecule has 5 heteroatoms. The maximum absolute atomic E-state index is 12.0. The second-order valence-corrected chi connectivity index (χ2v) is 5.14. The van der Waals surface area contributed by atoms with Crippen LogP contribution in [0, 0.1) is 11.3 Å². The third-order valence-electron chi connectivity index (χ3n) is 2.79. The van der Waals surface area contributed by atoms with E-state index in [1.165, 1.54) is 0 Å². The minimum atomic E-state index is -0.223. The number of rotatable bonds is 3. The van der Waals surface area contributed by atoms with Gasteiger partial charge in [-0.2, -0.15) is 5.26 Å². The van der Waals surface area contributed by atoms with Crippen molar-refractivity contribution in [1.82, 2.24) is 5.32 Å². The van der Waals surface area contributed by atoms with Gasteiger partial charge in [0.2, 0.25) is 0 Å². The Morgan fingerprint density at radius 3 is 2.55 bits per heavy atom. The highest BCUT2D eigenvalue weighted by atomic mass is 79.9. The van der Waals surface area contributed by atoms with Gasteiger partial charge in [0.05, 0.1) is 17.2 Å². The molecule has 0 radical (unpaired) electrons. The summed E-state index contributed by atoms with van der Waals surface area (Å²) >= 11 is 3.30. The highest BCUT2D eigenvalue weighted by Gasteiger charge is 2.09. The molecular formula is C15H12BrN3O. The number of halogens is 1. The van der Waals surface area contributed by atoms with Crippen LogP contribution < -0.4 is 11.1 Å². The van der Waals surface area contributed by atoms with Crippen LogP contribution in [0.1, 0.15) is 21.5 Å². The van der Waals surface area contributed by atoms with Crippen LogP contribution in [0.5, 0.6) is 0 Å². The van der Waals surface area contributed by atoms with Crippen LogP contribution in [0.3, 0.4) is 0 Å². The molecule has 0 saturated carbocycles. The van der Waals surface area contributed by atoms with Crippen LogP contribution in [-0.4, -0.2) is 5.91 Å². The van der Waals surface area contributed by atoms with Gasteiger partial charge in [-0.1, -0.05) is 28.1 Å². The van der Waals surface area contributed by atoms with E-state index in [-0.39, 0.29) is 5.91 Å². The van der Waals surface area contributed by atoms with Crippen LogP contribution in [0.25, 0.3) is 0 Å². The quantitative estimate of drug-likeness (QED) is 0.850. The zero-order chi connectivity index (χ0) is 14.5. The molecule has 0 atom stereocenters. The first-order valence-electron chi connectivity index (χ1n) is 5.92. The number of nitrogens with one attached hydrogen (secondary N) is 1. The van der Waals surface area contributed by atoms with E-state index in [0.717, 1.165) is 10.0 Å². The van der Waals surface area contributed by atoms with E-state index in [9.17, 15) is 4.79 Å². The van der Waals surface area contributed by atoms with Gasteiger partial charge in [-0.05, 0) is 35.9 Å². The molecule has 3 N–H and O–H groups in total. The first-order valence-corrected chi connectivity index (χ1v) is 6.71. The van der Waals surface area contributed by atoms with Gasteiger partial charge < -0.3 is 11.1 Å². The summed E-state index contributed by atoms with van der Waals surface area (Å²) in [7, 11) is 0. The van der Waals surface area contributed by atoms with E-state index in [2.05, 4.69) is 21.2 Å². The fourth-order valence-electron chi connectivity index (χ4n) is 1.72. The molecule has 20 heavy (non-hydrogen) atoms. The molecule has 0 heterocycles. The van der Waals surface area contributed by atoms with Crippen LogP contribution in [0.2, 0.25) is 0 Å². The molecular weight excluding hydrogens is 318 g/mol. The predicted molar refractivity (Wildman–Crippen MR) is 80.9 cm³/mol. The van der Waals surface area contributed by atoms with Crippen molar-refractivity contribution in [2.75, 3.05) is 5.73 Å². The van der Waals surface area contributed by atoms with Gasteiger partial charge in [-0.25, -0.2) is 0 Å². The third kappa shape index (κ3) is 3.37. The third-order valence-corrected chi connectivity index (χ3v) is 3.29. The van der Waals surface area contributed by atoms with Crippen LogP contribution in [0.15, 0.2) is 46.9 Å². The van der Waals surface area contributed by atoms with E-state index in [1.807, 2.05) is 18.2 Å². The molecule has 1 amide bonds. The first-order chi connectivity index (χ1) is 9.60. The maximum atomic E-state index is 12.0. The number of nitrogens with zero attached hydrogens (tertiary/aromatic N) is 1. The average molecular weight is 330 g/mol. The van der Waals surface area contributed by atoms with Crippen molar-refractivity contribution >= 4 is 27.5 Å². The molecule has 0 aliphatic heterocycles. The van der Waals surface area contributed by atoms with Gasteiger partial charge in [0, 0.05) is 16.7 Å². The molecule has 0 aromatic heterocycles. The van der Waals surface area contributed by atoms with Crippen molar-refractivity contribution < 1.29 is 4.79 Å². The highest BCUT2D eigenvalue weighted by Crippen LogP contribution is 2.18. The second kappa shape index (κ2) is 6.22. The molecule has 0 unspecified atom stereocenters.